The third-order valence-corrected chi connectivity index (χ3v) is 3.18. The highest BCUT2D eigenvalue weighted by Gasteiger charge is 2.15. The fraction of sp³-hybridized carbons (Fsp3) is 0.176. The van der Waals surface area contributed by atoms with Crippen molar-refractivity contribution in [2.75, 3.05) is 16.9 Å². The zero-order valence-corrected chi connectivity index (χ0v) is 12.8. The van der Waals surface area contributed by atoms with Crippen LogP contribution >= 0.6 is 0 Å². The Morgan fingerprint density at radius 1 is 1.05 bits per heavy atom. The van der Waals surface area contributed by atoms with Gasteiger partial charge in [-0.3, -0.25) is 5.43 Å². The number of amidine groups is 1. The highest BCUT2D eigenvalue weighted by molar-refractivity contribution is 6.45. The lowest BCUT2D eigenvalue weighted by Crippen LogP contribution is -2.36. The number of nitrogens with one attached hydrogen (secondary N) is 1. The molecule has 0 aliphatic carbocycles. The van der Waals surface area contributed by atoms with Gasteiger partial charge in [0.1, 0.15) is 5.71 Å². The van der Waals surface area contributed by atoms with Crippen molar-refractivity contribution in [3.8, 4) is 0 Å². The standard InChI is InChI=1S/C17H20N4O/c1-3-21(16-12-8-5-9-13-16)17(20-22)14(2)18-19-15-10-6-4-7-11-15/h4-13,19,22H,3H2,1-2H3. The van der Waals surface area contributed by atoms with Crippen LogP contribution in [-0.4, -0.2) is 23.3 Å². The first-order valence-corrected chi connectivity index (χ1v) is 7.16. The maximum absolute atomic E-state index is 9.39. The molecule has 2 aromatic rings. The molecule has 2 aromatic carbocycles. The molecule has 0 fully saturated rings. The summed E-state index contributed by atoms with van der Waals surface area (Å²) >= 11 is 0. The van der Waals surface area contributed by atoms with Crippen LogP contribution in [0.2, 0.25) is 0 Å². The molecule has 0 saturated carbocycles. The molecule has 0 spiro atoms. The molecule has 0 aliphatic rings. The largest absolute Gasteiger partial charge is 0.409 e. The maximum atomic E-state index is 9.39. The summed E-state index contributed by atoms with van der Waals surface area (Å²) < 4.78 is 0. The van der Waals surface area contributed by atoms with Gasteiger partial charge in [0.15, 0.2) is 5.84 Å². The molecule has 22 heavy (non-hydrogen) atoms. The Morgan fingerprint density at radius 2 is 1.64 bits per heavy atom. The Kier molecular flexibility index (Phi) is 5.54. The van der Waals surface area contributed by atoms with Crippen LogP contribution in [0.3, 0.4) is 0 Å². The summed E-state index contributed by atoms with van der Waals surface area (Å²) in [5.74, 6) is 0.414. The molecular weight excluding hydrogens is 276 g/mol. The van der Waals surface area contributed by atoms with Crippen LogP contribution in [-0.2, 0) is 0 Å². The lowest BCUT2D eigenvalue weighted by molar-refractivity contribution is 0.319. The number of rotatable bonds is 5. The molecule has 0 bridgehead atoms. The van der Waals surface area contributed by atoms with Crippen LogP contribution in [0.5, 0.6) is 0 Å². The third kappa shape index (κ3) is 3.85. The number of oxime groups is 1. The van der Waals surface area contributed by atoms with E-state index in [1.54, 1.807) is 6.92 Å². The second-order valence-corrected chi connectivity index (χ2v) is 4.68. The van der Waals surface area contributed by atoms with E-state index in [1.807, 2.05) is 72.5 Å². The minimum absolute atomic E-state index is 0.414. The predicted molar refractivity (Wildman–Crippen MR) is 91.9 cm³/mol. The Hall–Kier alpha value is -2.82. The summed E-state index contributed by atoms with van der Waals surface area (Å²) in [6, 6.07) is 19.4. The van der Waals surface area contributed by atoms with Gasteiger partial charge in [0, 0.05) is 12.2 Å². The lowest BCUT2D eigenvalue weighted by atomic mass is 10.2. The number of hydrazone groups is 1. The molecule has 0 aliphatic heterocycles. The van der Waals surface area contributed by atoms with E-state index in [2.05, 4.69) is 15.7 Å². The number of hydrogen-bond acceptors (Lipinski definition) is 4. The summed E-state index contributed by atoms with van der Waals surface area (Å²) in [6.07, 6.45) is 0. The first-order valence-electron chi connectivity index (χ1n) is 7.16. The number of anilines is 2. The van der Waals surface area contributed by atoms with E-state index in [0.29, 0.717) is 18.1 Å². The van der Waals surface area contributed by atoms with Crippen LogP contribution in [0.4, 0.5) is 11.4 Å². The zero-order valence-electron chi connectivity index (χ0n) is 12.8. The number of hydrogen-bond donors (Lipinski definition) is 2. The quantitative estimate of drug-likeness (QED) is 0.382. The molecule has 0 atom stereocenters. The topological polar surface area (TPSA) is 60.2 Å². The van der Waals surface area contributed by atoms with E-state index < -0.39 is 0 Å². The van der Waals surface area contributed by atoms with Gasteiger partial charge in [0.25, 0.3) is 0 Å². The molecule has 2 rings (SSSR count). The van der Waals surface area contributed by atoms with Gasteiger partial charge in [-0.2, -0.15) is 5.10 Å². The van der Waals surface area contributed by atoms with E-state index in [-0.39, 0.29) is 0 Å². The van der Waals surface area contributed by atoms with E-state index in [4.69, 9.17) is 0 Å². The van der Waals surface area contributed by atoms with E-state index in [1.165, 1.54) is 0 Å². The van der Waals surface area contributed by atoms with Crippen molar-refractivity contribution >= 4 is 22.9 Å². The van der Waals surface area contributed by atoms with E-state index in [9.17, 15) is 5.21 Å². The Bertz CT molecular complexity index is 638. The van der Waals surface area contributed by atoms with Crippen molar-refractivity contribution in [3.63, 3.8) is 0 Å². The van der Waals surface area contributed by atoms with Gasteiger partial charge >= 0.3 is 0 Å². The molecular formula is C17H20N4O. The third-order valence-electron chi connectivity index (χ3n) is 3.18. The molecule has 114 valence electrons. The fourth-order valence-electron chi connectivity index (χ4n) is 2.10. The SMILES string of the molecule is CCN(C(=NO)C(C)=NNc1ccccc1)c1ccccc1. The van der Waals surface area contributed by atoms with Crippen molar-refractivity contribution in [3.05, 3.63) is 60.7 Å². The van der Waals surface area contributed by atoms with Crippen molar-refractivity contribution in [2.24, 2.45) is 10.3 Å². The van der Waals surface area contributed by atoms with Gasteiger partial charge in [-0.05, 0) is 38.1 Å². The van der Waals surface area contributed by atoms with Crippen LogP contribution in [0.15, 0.2) is 70.9 Å². The van der Waals surface area contributed by atoms with Gasteiger partial charge in [0.05, 0.1) is 5.69 Å². The summed E-state index contributed by atoms with van der Waals surface area (Å²) in [6.45, 7) is 4.47. The lowest BCUT2D eigenvalue weighted by Gasteiger charge is -2.23. The highest BCUT2D eigenvalue weighted by Crippen LogP contribution is 2.14. The molecule has 0 saturated heterocycles. The molecule has 5 heteroatoms. The molecule has 2 N–H and O–H groups in total. The van der Waals surface area contributed by atoms with Crippen LogP contribution < -0.4 is 10.3 Å². The summed E-state index contributed by atoms with van der Waals surface area (Å²) in [7, 11) is 0. The minimum Gasteiger partial charge on any atom is -0.409 e. The maximum Gasteiger partial charge on any atom is 0.195 e. The van der Waals surface area contributed by atoms with Gasteiger partial charge in [-0.15, -0.1) is 0 Å². The second kappa shape index (κ2) is 7.83. The number of benzene rings is 2. The van der Waals surface area contributed by atoms with Gasteiger partial charge in [0.2, 0.25) is 0 Å². The monoisotopic (exact) mass is 296 g/mol. The predicted octanol–water partition coefficient (Wildman–Crippen LogP) is 3.79. The van der Waals surface area contributed by atoms with Crippen molar-refractivity contribution in [1.29, 1.82) is 0 Å². The molecule has 0 heterocycles. The molecule has 5 nitrogen and oxygen atoms in total. The summed E-state index contributed by atoms with van der Waals surface area (Å²) in [4.78, 5) is 1.89. The molecule has 0 unspecified atom stereocenters. The minimum atomic E-state index is 0.414. The normalized spacial score (nSPS) is 12.1. The first kappa shape index (κ1) is 15.6. The van der Waals surface area contributed by atoms with E-state index >= 15 is 0 Å². The number of nitrogens with zero attached hydrogens (tertiary/aromatic N) is 3. The Balaban J connectivity index is 2.19. The molecule has 0 amide bonds. The zero-order chi connectivity index (χ0) is 15.8. The van der Waals surface area contributed by atoms with Gasteiger partial charge in [-0.1, -0.05) is 41.6 Å². The van der Waals surface area contributed by atoms with Crippen molar-refractivity contribution in [2.45, 2.75) is 13.8 Å². The summed E-state index contributed by atoms with van der Waals surface area (Å²) in [5, 5.41) is 17.1. The Morgan fingerprint density at radius 3 is 2.18 bits per heavy atom. The Labute approximate surface area is 130 Å². The van der Waals surface area contributed by atoms with E-state index in [0.717, 1.165) is 11.4 Å². The molecule has 0 aromatic heterocycles. The van der Waals surface area contributed by atoms with Gasteiger partial charge < -0.3 is 10.1 Å². The van der Waals surface area contributed by atoms with Crippen molar-refractivity contribution < 1.29 is 5.21 Å². The highest BCUT2D eigenvalue weighted by atomic mass is 16.4. The smallest absolute Gasteiger partial charge is 0.195 e. The molecule has 0 radical (unpaired) electrons. The first-order chi connectivity index (χ1) is 10.8. The van der Waals surface area contributed by atoms with Crippen LogP contribution in [0.25, 0.3) is 0 Å². The van der Waals surface area contributed by atoms with Crippen LogP contribution in [0.1, 0.15) is 13.8 Å². The van der Waals surface area contributed by atoms with Gasteiger partial charge in [-0.25, -0.2) is 0 Å². The average molecular weight is 296 g/mol. The van der Waals surface area contributed by atoms with Crippen molar-refractivity contribution in [1.82, 2.24) is 0 Å². The second-order valence-electron chi connectivity index (χ2n) is 4.68. The number of para-hydroxylation sites is 2. The summed E-state index contributed by atoms with van der Waals surface area (Å²) in [5.41, 5.74) is 5.38. The van der Waals surface area contributed by atoms with Crippen LogP contribution in [0, 0.1) is 0 Å². The fourth-order valence-corrected chi connectivity index (χ4v) is 2.10. The average Bonchev–Trinajstić information content (AvgIpc) is 2.59.